The summed E-state index contributed by atoms with van der Waals surface area (Å²) in [6.45, 7) is 6.47. The third-order valence-corrected chi connectivity index (χ3v) is 5.20. The SMILES string of the molecule is CCCC1CCC(C(O)c2c(Br)cnn2C(C)C)CC1. The summed E-state index contributed by atoms with van der Waals surface area (Å²) in [5, 5.41) is 15.2. The summed E-state index contributed by atoms with van der Waals surface area (Å²) in [4.78, 5) is 0. The van der Waals surface area contributed by atoms with E-state index in [0.29, 0.717) is 5.92 Å². The fourth-order valence-electron chi connectivity index (χ4n) is 3.46. The first kappa shape index (κ1) is 16.0. The number of aromatic nitrogens is 2. The Balaban J connectivity index is 2.05. The van der Waals surface area contributed by atoms with Gasteiger partial charge in [0, 0.05) is 6.04 Å². The standard InChI is InChI=1S/C16H27BrN2O/c1-4-5-12-6-8-13(9-7-12)16(20)15-14(17)10-18-19(15)11(2)3/h10-13,16,20H,4-9H2,1-3H3. The van der Waals surface area contributed by atoms with Crippen molar-refractivity contribution in [1.82, 2.24) is 9.78 Å². The number of halogens is 1. The van der Waals surface area contributed by atoms with Gasteiger partial charge >= 0.3 is 0 Å². The van der Waals surface area contributed by atoms with Crippen LogP contribution in [-0.4, -0.2) is 14.9 Å². The van der Waals surface area contributed by atoms with Gasteiger partial charge in [0.2, 0.25) is 0 Å². The third-order valence-electron chi connectivity index (χ3n) is 4.59. The van der Waals surface area contributed by atoms with Crippen LogP contribution in [0.15, 0.2) is 10.7 Å². The van der Waals surface area contributed by atoms with Gasteiger partial charge in [-0.25, -0.2) is 0 Å². The van der Waals surface area contributed by atoms with Crippen LogP contribution < -0.4 is 0 Å². The molecular formula is C16H27BrN2O. The fourth-order valence-corrected chi connectivity index (χ4v) is 3.97. The minimum absolute atomic E-state index is 0.280. The summed E-state index contributed by atoms with van der Waals surface area (Å²) < 4.78 is 2.89. The van der Waals surface area contributed by atoms with Crippen LogP contribution in [0.2, 0.25) is 0 Å². The maximum Gasteiger partial charge on any atom is 0.0996 e. The second-order valence-electron chi connectivity index (χ2n) is 6.43. The van der Waals surface area contributed by atoms with Crippen molar-refractivity contribution in [1.29, 1.82) is 0 Å². The van der Waals surface area contributed by atoms with Gasteiger partial charge in [-0.05, 0) is 54.5 Å². The Bertz CT molecular complexity index is 422. The molecule has 4 heteroatoms. The average Bonchev–Trinajstić information content (AvgIpc) is 2.81. The predicted octanol–water partition coefficient (Wildman–Crippen LogP) is 4.87. The molecule has 1 aromatic rings. The normalized spacial score (nSPS) is 25.1. The molecule has 1 aliphatic carbocycles. The second kappa shape index (κ2) is 7.08. The van der Waals surface area contributed by atoms with Crippen LogP contribution in [0.25, 0.3) is 0 Å². The lowest BCUT2D eigenvalue weighted by atomic mass is 9.77. The van der Waals surface area contributed by atoms with Crippen molar-refractivity contribution in [2.75, 3.05) is 0 Å². The Morgan fingerprint density at radius 1 is 1.35 bits per heavy atom. The molecule has 0 aliphatic heterocycles. The van der Waals surface area contributed by atoms with Gasteiger partial charge in [0.25, 0.3) is 0 Å². The van der Waals surface area contributed by atoms with Gasteiger partial charge < -0.3 is 5.11 Å². The molecule has 1 heterocycles. The maximum atomic E-state index is 10.8. The van der Waals surface area contributed by atoms with Crippen LogP contribution in [0.3, 0.4) is 0 Å². The van der Waals surface area contributed by atoms with E-state index in [2.05, 4.69) is 41.8 Å². The van der Waals surface area contributed by atoms with Crippen molar-refractivity contribution in [3.05, 3.63) is 16.4 Å². The van der Waals surface area contributed by atoms with Gasteiger partial charge in [-0.1, -0.05) is 32.6 Å². The molecule has 0 saturated heterocycles. The first-order valence-corrected chi connectivity index (χ1v) is 8.74. The van der Waals surface area contributed by atoms with Gasteiger partial charge in [-0.15, -0.1) is 0 Å². The van der Waals surface area contributed by atoms with Crippen LogP contribution >= 0.6 is 15.9 Å². The van der Waals surface area contributed by atoms with Crippen LogP contribution in [0.1, 0.15) is 77.1 Å². The summed E-state index contributed by atoms with van der Waals surface area (Å²) in [7, 11) is 0. The average molecular weight is 343 g/mol. The van der Waals surface area contributed by atoms with E-state index in [9.17, 15) is 5.11 Å². The highest BCUT2D eigenvalue weighted by atomic mass is 79.9. The second-order valence-corrected chi connectivity index (χ2v) is 7.28. The molecule has 0 aromatic carbocycles. The van der Waals surface area contributed by atoms with E-state index in [0.717, 1.165) is 28.9 Å². The Morgan fingerprint density at radius 2 is 2.00 bits per heavy atom. The predicted molar refractivity (Wildman–Crippen MR) is 85.6 cm³/mol. The molecule has 3 nitrogen and oxygen atoms in total. The molecule has 1 fully saturated rings. The van der Waals surface area contributed by atoms with Gasteiger partial charge in [-0.2, -0.15) is 5.10 Å². The number of hydrogen-bond acceptors (Lipinski definition) is 2. The lowest BCUT2D eigenvalue weighted by Gasteiger charge is -2.32. The maximum absolute atomic E-state index is 10.8. The van der Waals surface area contributed by atoms with Crippen molar-refractivity contribution < 1.29 is 5.11 Å². The molecule has 20 heavy (non-hydrogen) atoms. The van der Waals surface area contributed by atoms with Gasteiger partial charge in [0.15, 0.2) is 0 Å². The van der Waals surface area contributed by atoms with E-state index >= 15 is 0 Å². The minimum Gasteiger partial charge on any atom is -0.386 e. The first-order valence-electron chi connectivity index (χ1n) is 7.95. The smallest absolute Gasteiger partial charge is 0.0996 e. The molecular weight excluding hydrogens is 316 g/mol. The number of rotatable bonds is 5. The van der Waals surface area contributed by atoms with E-state index in [1.54, 1.807) is 6.20 Å². The van der Waals surface area contributed by atoms with E-state index in [-0.39, 0.29) is 6.04 Å². The summed E-state index contributed by atoms with van der Waals surface area (Å²) in [5.74, 6) is 1.26. The lowest BCUT2D eigenvalue weighted by molar-refractivity contribution is 0.0634. The van der Waals surface area contributed by atoms with Crippen LogP contribution in [0.4, 0.5) is 0 Å². The van der Waals surface area contributed by atoms with Gasteiger partial charge in [0.05, 0.1) is 22.5 Å². The number of aliphatic hydroxyl groups is 1. The van der Waals surface area contributed by atoms with Crippen molar-refractivity contribution >= 4 is 15.9 Å². The van der Waals surface area contributed by atoms with Crippen molar-refractivity contribution in [3.8, 4) is 0 Å². The summed E-state index contributed by atoms with van der Waals surface area (Å²) >= 11 is 3.55. The topological polar surface area (TPSA) is 38.1 Å². The largest absolute Gasteiger partial charge is 0.386 e. The molecule has 0 bridgehead atoms. The molecule has 1 unspecified atom stereocenters. The number of hydrogen-bond donors (Lipinski definition) is 1. The number of aliphatic hydroxyl groups excluding tert-OH is 1. The van der Waals surface area contributed by atoms with E-state index in [4.69, 9.17) is 0 Å². The molecule has 1 atom stereocenters. The molecule has 1 aromatic heterocycles. The molecule has 0 amide bonds. The highest BCUT2D eigenvalue weighted by molar-refractivity contribution is 9.10. The minimum atomic E-state index is -0.392. The molecule has 1 N–H and O–H groups in total. The molecule has 0 radical (unpaired) electrons. The van der Waals surface area contributed by atoms with Crippen molar-refractivity contribution in [2.24, 2.45) is 11.8 Å². The summed E-state index contributed by atoms with van der Waals surface area (Å²) in [6.07, 6.45) is 8.85. The zero-order valence-corrected chi connectivity index (χ0v) is 14.4. The Labute approximate surface area is 130 Å². The molecule has 2 rings (SSSR count). The van der Waals surface area contributed by atoms with E-state index in [1.807, 2.05) is 4.68 Å². The third kappa shape index (κ3) is 3.45. The lowest BCUT2D eigenvalue weighted by Crippen LogP contribution is -2.23. The fraction of sp³-hybridized carbons (Fsp3) is 0.812. The Hall–Kier alpha value is -0.350. The number of nitrogens with zero attached hydrogens (tertiary/aromatic N) is 2. The van der Waals surface area contributed by atoms with Crippen LogP contribution in [0.5, 0.6) is 0 Å². The van der Waals surface area contributed by atoms with Crippen LogP contribution in [0, 0.1) is 11.8 Å². The van der Waals surface area contributed by atoms with Crippen LogP contribution in [-0.2, 0) is 0 Å². The van der Waals surface area contributed by atoms with E-state index in [1.165, 1.54) is 25.7 Å². The van der Waals surface area contributed by atoms with Crippen molar-refractivity contribution in [3.63, 3.8) is 0 Å². The zero-order valence-electron chi connectivity index (χ0n) is 12.8. The zero-order chi connectivity index (χ0) is 14.7. The molecule has 1 saturated carbocycles. The van der Waals surface area contributed by atoms with Crippen molar-refractivity contribution in [2.45, 2.75) is 71.4 Å². The summed E-state index contributed by atoms with van der Waals surface area (Å²) in [5.41, 5.74) is 0.957. The molecule has 0 spiro atoms. The Morgan fingerprint density at radius 3 is 2.55 bits per heavy atom. The molecule has 114 valence electrons. The monoisotopic (exact) mass is 342 g/mol. The first-order chi connectivity index (χ1) is 9.54. The highest BCUT2D eigenvalue weighted by Gasteiger charge is 2.30. The summed E-state index contributed by atoms with van der Waals surface area (Å²) in [6, 6.07) is 0.280. The highest BCUT2D eigenvalue weighted by Crippen LogP contribution is 2.40. The van der Waals surface area contributed by atoms with Gasteiger partial charge in [0.1, 0.15) is 0 Å². The van der Waals surface area contributed by atoms with E-state index < -0.39 is 6.10 Å². The molecule has 1 aliphatic rings. The van der Waals surface area contributed by atoms with Gasteiger partial charge in [-0.3, -0.25) is 4.68 Å². The quantitative estimate of drug-likeness (QED) is 0.828. The Kier molecular flexibility index (Phi) is 5.67.